The molecule has 0 unspecified atom stereocenters. The summed E-state index contributed by atoms with van der Waals surface area (Å²) < 4.78 is 7.19. The van der Waals surface area contributed by atoms with Crippen LogP contribution in [-0.2, 0) is 11.3 Å². The number of hydrogen-bond donors (Lipinski definition) is 1. The van der Waals surface area contributed by atoms with Crippen molar-refractivity contribution in [2.45, 2.75) is 18.6 Å². The number of thioether (sulfide) groups is 1. The summed E-state index contributed by atoms with van der Waals surface area (Å²) in [5.41, 5.74) is 2.37. The number of thiazole rings is 1. The first kappa shape index (κ1) is 23.6. The quantitative estimate of drug-likeness (QED) is 0.281. The van der Waals surface area contributed by atoms with Gasteiger partial charge in [0, 0.05) is 28.1 Å². The summed E-state index contributed by atoms with van der Waals surface area (Å²) in [6.45, 7) is 2.69. The third kappa shape index (κ3) is 5.50. The van der Waals surface area contributed by atoms with Crippen LogP contribution in [0, 0.1) is 0 Å². The lowest BCUT2D eigenvalue weighted by atomic mass is 10.2. The summed E-state index contributed by atoms with van der Waals surface area (Å²) in [5, 5.41) is 15.5. The number of nitrogens with zero attached hydrogens (tertiary/aromatic N) is 4. The van der Waals surface area contributed by atoms with Crippen molar-refractivity contribution in [3.05, 3.63) is 57.9 Å². The number of benzene rings is 2. The number of rotatable bonds is 8. The van der Waals surface area contributed by atoms with Gasteiger partial charge >= 0.3 is 0 Å². The van der Waals surface area contributed by atoms with Gasteiger partial charge < -0.3 is 14.6 Å². The maximum atomic E-state index is 12.5. The molecule has 4 rings (SSSR count). The summed E-state index contributed by atoms with van der Waals surface area (Å²) in [6, 6.07) is 12.8. The predicted molar refractivity (Wildman–Crippen MR) is 135 cm³/mol. The fourth-order valence-corrected chi connectivity index (χ4v) is 5.11. The zero-order chi connectivity index (χ0) is 23.4. The molecule has 0 saturated carbocycles. The van der Waals surface area contributed by atoms with Crippen LogP contribution in [0.3, 0.4) is 0 Å². The van der Waals surface area contributed by atoms with Crippen LogP contribution in [0.1, 0.15) is 6.92 Å². The SMILES string of the molecule is CCn1c(SCC(=O)Nc2nc(-c3ccc(Cl)cc3Cl)cs2)nnc1-c1ccc(OC)cc1. The van der Waals surface area contributed by atoms with Gasteiger partial charge in [0.2, 0.25) is 5.91 Å². The molecule has 2 aromatic heterocycles. The Morgan fingerprint density at radius 1 is 1.18 bits per heavy atom. The number of carbonyl (C=O) groups excluding carboxylic acids is 1. The van der Waals surface area contributed by atoms with Crippen molar-refractivity contribution in [2.24, 2.45) is 0 Å². The molecule has 2 heterocycles. The van der Waals surface area contributed by atoms with Crippen molar-refractivity contribution in [2.75, 3.05) is 18.2 Å². The average molecular weight is 520 g/mol. The molecule has 1 amide bonds. The van der Waals surface area contributed by atoms with Gasteiger partial charge in [-0.15, -0.1) is 21.5 Å². The summed E-state index contributed by atoms with van der Waals surface area (Å²) in [7, 11) is 1.63. The Morgan fingerprint density at radius 3 is 2.67 bits per heavy atom. The predicted octanol–water partition coefficient (Wildman–Crippen LogP) is 6.13. The number of aromatic nitrogens is 4. The highest BCUT2D eigenvalue weighted by Crippen LogP contribution is 2.32. The second-order valence-corrected chi connectivity index (χ2v) is 9.42. The molecular weight excluding hydrogens is 501 g/mol. The van der Waals surface area contributed by atoms with E-state index in [0.717, 1.165) is 22.7 Å². The number of halogens is 2. The van der Waals surface area contributed by atoms with Crippen molar-refractivity contribution in [1.29, 1.82) is 0 Å². The molecule has 33 heavy (non-hydrogen) atoms. The van der Waals surface area contributed by atoms with Gasteiger partial charge in [-0.25, -0.2) is 4.98 Å². The Balaban J connectivity index is 1.40. The molecule has 0 saturated heterocycles. The van der Waals surface area contributed by atoms with Gasteiger partial charge in [-0.3, -0.25) is 4.79 Å². The zero-order valence-corrected chi connectivity index (χ0v) is 20.9. The fourth-order valence-electron chi connectivity index (χ4n) is 3.07. The van der Waals surface area contributed by atoms with Gasteiger partial charge in [0.05, 0.1) is 23.6 Å². The topological polar surface area (TPSA) is 81.9 Å². The molecule has 2 aromatic carbocycles. The van der Waals surface area contributed by atoms with Crippen LogP contribution in [0.25, 0.3) is 22.6 Å². The third-order valence-corrected chi connectivity index (χ3v) is 6.94. The van der Waals surface area contributed by atoms with E-state index in [1.165, 1.54) is 23.1 Å². The van der Waals surface area contributed by atoms with E-state index >= 15 is 0 Å². The number of carbonyl (C=O) groups is 1. The molecule has 0 atom stereocenters. The van der Waals surface area contributed by atoms with Gasteiger partial charge in [0.1, 0.15) is 5.75 Å². The first-order valence-electron chi connectivity index (χ1n) is 9.89. The molecule has 0 aliphatic rings. The van der Waals surface area contributed by atoms with Gasteiger partial charge in [-0.1, -0.05) is 35.0 Å². The van der Waals surface area contributed by atoms with Crippen LogP contribution < -0.4 is 10.1 Å². The first-order valence-corrected chi connectivity index (χ1v) is 12.5. The summed E-state index contributed by atoms with van der Waals surface area (Å²) in [6.07, 6.45) is 0. The van der Waals surface area contributed by atoms with E-state index in [9.17, 15) is 4.79 Å². The lowest BCUT2D eigenvalue weighted by molar-refractivity contribution is -0.113. The molecule has 0 aliphatic heterocycles. The third-order valence-electron chi connectivity index (χ3n) is 4.67. The molecule has 11 heteroatoms. The highest BCUT2D eigenvalue weighted by Gasteiger charge is 2.16. The highest BCUT2D eigenvalue weighted by atomic mass is 35.5. The van der Waals surface area contributed by atoms with Gasteiger partial charge in [-0.2, -0.15) is 0 Å². The van der Waals surface area contributed by atoms with Crippen molar-refractivity contribution >= 4 is 57.3 Å². The molecule has 0 aliphatic carbocycles. The summed E-state index contributed by atoms with van der Waals surface area (Å²) >= 11 is 14.9. The molecule has 1 N–H and O–H groups in total. The van der Waals surface area contributed by atoms with Crippen LogP contribution in [-0.4, -0.2) is 38.5 Å². The highest BCUT2D eigenvalue weighted by molar-refractivity contribution is 7.99. The Labute approximate surface area is 209 Å². The minimum absolute atomic E-state index is 0.178. The summed E-state index contributed by atoms with van der Waals surface area (Å²) in [4.78, 5) is 17.0. The van der Waals surface area contributed by atoms with Gasteiger partial charge in [-0.05, 0) is 49.4 Å². The lowest BCUT2D eigenvalue weighted by Gasteiger charge is -2.08. The Morgan fingerprint density at radius 2 is 1.97 bits per heavy atom. The van der Waals surface area contributed by atoms with Crippen LogP contribution >= 0.6 is 46.3 Å². The molecule has 4 aromatic rings. The molecule has 0 bridgehead atoms. The first-order chi connectivity index (χ1) is 16.0. The Kier molecular flexibility index (Phi) is 7.54. The second-order valence-electron chi connectivity index (χ2n) is 6.78. The lowest BCUT2D eigenvalue weighted by Crippen LogP contribution is -2.14. The zero-order valence-electron chi connectivity index (χ0n) is 17.7. The number of ether oxygens (including phenoxy) is 1. The number of anilines is 1. The summed E-state index contributed by atoms with van der Waals surface area (Å²) in [5.74, 6) is 1.51. The number of nitrogens with one attached hydrogen (secondary N) is 1. The van der Waals surface area contributed by atoms with E-state index in [1.54, 1.807) is 25.3 Å². The maximum Gasteiger partial charge on any atom is 0.236 e. The van der Waals surface area contributed by atoms with Crippen molar-refractivity contribution in [1.82, 2.24) is 19.7 Å². The standard InChI is InChI=1S/C22H19Cl2N5O2S2/c1-3-29-20(13-4-7-15(31-2)8-5-13)27-28-22(29)33-12-19(30)26-21-25-18(11-32-21)16-9-6-14(23)10-17(16)24/h4-11H,3,12H2,1-2H3,(H,25,26,30). The fraction of sp³-hybridized carbons (Fsp3) is 0.182. The van der Waals surface area contributed by atoms with E-state index in [-0.39, 0.29) is 11.7 Å². The molecule has 0 spiro atoms. The molecule has 0 fully saturated rings. The average Bonchev–Trinajstić information content (AvgIpc) is 3.44. The van der Waals surface area contributed by atoms with Crippen LogP contribution in [0.2, 0.25) is 10.0 Å². The Hall–Kier alpha value is -2.59. The van der Waals surface area contributed by atoms with E-state index in [0.29, 0.717) is 32.6 Å². The van der Waals surface area contributed by atoms with Gasteiger partial charge in [0.25, 0.3) is 0 Å². The number of amides is 1. The minimum atomic E-state index is -0.181. The van der Waals surface area contributed by atoms with Gasteiger partial charge in [0.15, 0.2) is 16.1 Å². The van der Waals surface area contributed by atoms with E-state index < -0.39 is 0 Å². The van der Waals surface area contributed by atoms with Crippen LogP contribution in [0.4, 0.5) is 5.13 Å². The van der Waals surface area contributed by atoms with E-state index in [1.807, 2.05) is 41.1 Å². The van der Waals surface area contributed by atoms with E-state index in [4.69, 9.17) is 27.9 Å². The van der Waals surface area contributed by atoms with Crippen LogP contribution in [0.15, 0.2) is 53.0 Å². The minimum Gasteiger partial charge on any atom is -0.497 e. The van der Waals surface area contributed by atoms with Crippen molar-refractivity contribution in [3.63, 3.8) is 0 Å². The molecule has 170 valence electrons. The monoisotopic (exact) mass is 519 g/mol. The molecular formula is C22H19Cl2N5O2S2. The Bertz CT molecular complexity index is 1270. The molecule has 0 radical (unpaired) electrons. The molecule has 7 nitrogen and oxygen atoms in total. The van der Waals surface area contributed by atoms with E-state index in [2.05, 4.69) is 20.5 Å². The normalized spacial score (nSPS) is 10.9. The largest absolute Gasteiger partial charge is 0.497 e. The van der Waals surface area contributed by atoms with Crippen LogP contribution in [0.5, 0.6) is 5.75 Å². The van der Waals surface area contributed by atoms with Crippen molar-refractivity contribution in [3.8, 4) is 28.4 Å². The van der Waals surface area contributed by atoms with Crippen molar-refractivity contribution < 1.29 is 9.53 Å². The second kappa shape index (κ2) is 10.6. The number of hydrogen-bond acceptors (Lipinski definition) is 7. The number of methoxy groups -OCH3 is 1. The smallest absolute Gasteiger partial charge is 0.236 e. The maximum absolute atomic E-state index is 12.5.